The number of allylic oxidation sites excluding steroid dienone is 1. The van der Waals surface area contributed by atoms with E-state index >= 15 is 0 Å². The van der Waals surface area contributed by atoms with Gasteiger partial charge in [0.1, 0.15) is 18.1 Å². The van der Waals surface area contributed by atoms with Gasteiger partial charge in [-0.1, -0.05) is 23.7 Å². The number of carbonyl (C=O) groups is 1. The summed E-state index contributed by atoms with van der Waals surface area (Å²) in [5, 5.41) is 0.675. The number of aromatic nitrogens is 1. The third-order valence-corrected chi connectivity index (χ3v) is 5.54. The fourth-order valence-electron chi connectivity index (χ4n) is 3.52. The zero-order valence-electron chi connectivity index (χ0n) is 18.5. The lowest BCUT2D eigenvalue weighted by Crippen LogP contribution is -2.00. The van der Waals surface area contributed by atoms with E-state index in [1.807, 2.05) is 90.6 Å². The number of nitrogens with zero attached hydrogens (tertiary/aromatic N) is 1. The van der Waals surface area contributed by atoms with Gasteiger partial charge in [-0.3, -0.25) is 4.79 Å². The Bertz CT molecular complexity index is 1280. The Morgan fingerprint density at radius 2 is 1.70 bits per heavy atom. The van der Waals surface area contributed by atoms with Crippen molar-refractivity contribution in [2.75, 3.05) is 7.11 Å². The largest absolute Gasteiger partial charge is 0.496 e. The number of hydrogen-bond acceptors (Lipinski definition) is 3. The lowest BCUT2D eigenvalue weighted by molar-refractivity contribution is 0.104. The second-order valence-corrected chi connectivity index (χ2v) is 8.04. The minimum Gasteiger partial charge on any atom is -0.496 e. The average Bonchev–Trinajstić information content (AvgIpc) is 3.37. The lowest BCUT2D eigenvalue weighted by atomic mass is 10.1. The summed E-state index contributed by atoms with van der Waals surface area (Å²) in [4.78, 5) is 12.6. The Labute approximate surface area is 198 Å². The Kier molecular flexibility index (Phi) is 6.96. The summed E-state index contributed by atoms with van der Waals surface area (Å²) >= 11 is 6.03. The quantitative estimate of drug-likeness (QED) is 0.213. The van der Waals surface area contributed by atoms with Gasteiger partial charge in [0.2, 0.25) is 0 Å². The van der Waals surface area contributed by atoms with Crippen LogP contribution in [-0.4, -0.2) is 17.5 Å². The van der Waals surface area contributed by atoms with Crippen molar-refractivity contribution in [3.05, 3.63) is 119 Å². The highest BCUT2D eigenvalue weighted by molar-refractivity contribution is 6.30. The number of carbonyl (C=O) groups excluding carboxylic acids is 1. The van der Waals surface area contributed by atoms with Crippen molar-refractivity contribution >= 4 is 23.5 Å². The Balaban J connectivity index is 1.46. The number of halogens is 1. The van der Waals surface area contributed by atoms with Crippen molar-refractivity contribution in [2.45, 2.75) is 13.5 Å². The van der Waals surface area contributed by atoms with E-state index in [1.54, 1.807) is 25.3 Å². The first kappa shape index (κ1) is 22.4. The molecule has 0 saturated carbocycles. The van der Waals surface area contributed by atoms with E-state index in [-0.39, 0.29) is 5.78 Å². The van der Waals surface area contributed by atoms with Crippen LogP contribution in [0.15, 0.2) is 91.3 Å². The molecule has 0 N–H and O–H groups in total. The molecule has 0 unspecified atom stereocenters. The highest BCUT2D eigenvalue weighted by Gasteiger charge is 2.08. The predicted octanol–water partition coefficient (Wildman–Crippen LogP) is 6.92. The monoisotopic (exact) mass is 457 g/mol. The maximum atomic E-state index is 12.6. The molecule has 4 nitrogen and oxygen atoms in total. The minimum absolute atomic E-state index is 0.0561. The average molecular weight is 458 g/mol. The molecule has 1 heterocycles. The predicted molar refractivity (Wildman–Crippen MR) is 133 cm³/mol. The molecule has 0 aliphatic heterocycles. The van der Waals surface area contributed by atoms with Crippen LogP contribution in [0.4, 0.5) is 0 Å². The van der Waals surface area contributed by atoms with Crippen LogP contribution in [0, 0.1) is 6.92 Å². The Morgan fingerprint density at radius 1 is 0.970 bits per heavy atom. The molecule has 0 aliphatic carbocycles. The smallest absolute Gasteiger partial charge is 0.185 e. The van der Waals surface area contributed by atoms with Crippen LogP contribution in [0.2, 0.25) is 5.02 Å². The van der Waals surface area contributed by atoms with E-state index in [4.69, 9.17) is 21.1 Å². The summed E-state index contributed by atoms with van der Waals surface area (Å²) in [6, 6.07) is 22.7. The first-order valence-corrected chi connectivity index (χ1v) is 10.9. The van der Waals surface area contributed by atoms with Gasteiger partial charge in [-0.25, -0.2) is 0 Å². The molecule has 0 atom stereocenters. The zero-order valence-corrected chi connectivity index (χ0v) is 19.3. The van der Waals surface area contributed by atoms with Gasteiger partial charge in [-0.15, -0.1) is 0 Å². The molecule has 0 bridgehead atoms. The van der Waals surface area contributed by atoms with Crippen molar-refractivity contribution in [1.82, 2.24) is 4.57 Å². The van der Waals surface area contributed by atoms with E-state index in [9.17, 15) is 4.79 Å². The second-order valence-electron chi connectivity index (χ2n) is 7.60. The molecule has 5 heteroatoms. The van der Waals surface area contributed by atoms with Crippen LogP contribution in [0.5, 0.6) is 11.5 Å². The van der Waals surface area contributed by atoms with Gasteiger partial charge in [0, 0.05) is 34.2 Å². The summed E-state index contributed by atoms with van der Waals surface area (Å²) in [6.07, 6.45) is 7.32. The lowest BCUT2D eigenvalue weighted by Gasteiger charge is -2.13. The van der Waals surface area contributed by atoms with Crippen LogP contribution in [-0.2, 0) is 6.61 Å². The van der Waals surface area contributed by atoms with E-state index in [2.05, 4.69) is 0 Å². The molecule has 0 amide bonds. The van der Waals surface area contributed by atoms with Gasteiger partial charge < -0.3 is 14.0 Å². The maximum absolute atomic E-state index is 12.6. The summed E-state index contributed by atoms with van der Waals surface area (Å²) < 4.78 is 13.5. The number of aryl methyl sites for hydroxylation is 1. The second kappa shape index (κ2) is 10.2. The topological polar surface area (TPSA) is 40.5 Å². The van der Waals surface area contributed by atoms with Crippen LogP contribution >= 0.6 is 11.6 Å². The van der Waals surface area contributed by atoms with Crippen molar-refractivity contribution < 1.29 is 14.3 Å². The van der Waals surface area contributed by atoms with Gasteiger partial charge in [-0.2, -0.15) is 0 Å². The third kappa shape index (κ3) is 5.54. The summed E-state index contributed by atoms with van der Waals surface area (Å²) in [6.45, 7) is 2.29. The molecular formula is C28H24ClNO3. The highest BCUT2D eigenvalue weighted by atomic mass is 35.5. The maximum Gasteiger partial charge on any atom is 0.185 e. The van der Waals surface area contributed by atoms with Crippen LogP contribution in [0.25, 0.3) is 11.8 Å². The summed E-state index contributed by atoms with van der Waals surface area (Å²) in [5.74, 6) is 1.44. The summed E-state index contributed by atoms with van der Waals surface area (Å²) in [7, 11) is 1.63. The minimum atomic E-state index is -0.0561. The first-order valence-electron chi connectivity index (χ1n) is 10.5. The normalized spacial score (nSPS) is 11.0. The number of ether oxygens (including phenoxy) is 2. The van der Waals surface area contributed by atoms with E-state index in [1.165, 1.54) is 0 Å². The van der Waals surface area contributed by atoms with Crippen molar-refractivity contribution in [1.29, 1.82) is 0 Å². The van der Waals surface area contributed by atoms with Crippen molar-refractivity contribution in [2.24, 2.45) is 0 Å². The van der Waals surface area contributed by atoms with Gasteiger partial charge in [0.05, 0.1) is 7.11 Å². The van der Waals surface area contributed by atoms with Crippen LogP contribution < -0.4 is 9.47 Å². The van der Waals surface area contributed by atoms with E-state index in [0.29, 0.717) is 17.2 Å². The number of hydrogen-bond donors (Lipinski definition) is 0. The molecule has 3 aromatic carbocycles. The molecule has 4 aromatic rings. The molecule has 0 fully saturated rings. The Hall–Kier alpha value is -3.76. The molecule has 166 valence electrons. The van der Waals surface area contributed by atoms with Crippen molar-refractivity contribution in [3.63, 3.8) is 0 Å². The molecule has 4 rings (SSSR count). The van der Waals surface area contributed by atoms with Gasteiger partial charge in [-0.05, 0) is 90.9 Å². The summed E-state index contributed by atoms with van der Waals surface area (Å²) in [5.41, 5.74) is 4.39. The third-order valence-electron chi connectivity index (χ3n) is 5.31. The number of methoxy groups -OCH3 is 1. The van der Waals surface area contributed by atoms with Crippen molar-refractivity contribution in [3.8, 4) is 17.2 Å². The molecule has 33 heavy (non-hydrogen) atoms. The molecule has 0 saturated heterocycles. The number of rotatable bonds is 8. The van der Waals surface area contributed by atoms with Crippen LogP contribution in [0.3, 0.4) is 0 Å². The van der Waals surface area contributed by atoms with Gasteiger partial charge >= 0.3 is 0 Å². The zero-order chi connectivity index (χ0) is 23.2. The SMILES string of the molecule is COc1ccc(/C=C/C(=O)c2ccc(-n3cccc3)cc2)cc1COc1ccc(Cl)cc1C. The molecule has 0 spiro atoms. The molecule has 0 aliphatic rings. The standard InChI is InChI=1S/C28H24ClNO3/c1-20-17-24(29)9-14-27(20)33-19-23-18-21(6-13-28(23)32-2)5-12-26(31)22-7-10-25(11-8-22)30-15-3-4-16-30/h3-18H,19H2,1-2H3/b12-5+. The van der Waals surface area contributed by atoms with Gasteiger partial charge in [0.25, 0.3) is 0 Å². The fourth-order valence-corrected chi connectivity index (χ4v) is 3.74. The molecule has 0 radical (unpaired) electrons. The number of benzene rings is 3. The van der Waals surface area contributed by atoms with Gasteiger partial charge in [0.15, 0.2) is 5.78 Å². The van der Waals surface area contributed by atoms with E-state index in [0.717, 1.165) is 33.9 Å². The van der Waals surface area contributed by atoms with E-state index < -0.39 is 0 Å². The highest BCUT2D eigenvalue weighted by Crippen LogP contribution is 2.26. The number of ketones is 1. The first-order chi connectivity index (χ1) is 16.0. The molecule has 1 aromatic heterocycles. The Morgan fingerprint density at radius 3 is 2.39 bits per heavy atom. The fraction of sp³-hybridized carbons (Fsp3) is 0.107. The molecular weight excluding hydrogens is 434 g/mol. The van der Waals surface area contributed by atoms with Crippen LogP contribution in [0.1, 0.15) is 27.0 Å².